The fourth-order valence-electron chi connectivity index (χ4n) is 14.6. The van der Waals surface area contributed by atoms with Gasteiger partial charge >= 0.3 is 0 Å². The molecule has 0 spiro atoms. The second-order valence-corrected chi connectivity index (χ2v) is 26.8. The zero-order valence-electron chi connectivity index (χ0n) is 55.1. The van der Waals surface area contributed by atoms with Gasteiger partial charge in [-0.15, -0.1) is 0 Å². The van der Waals surface area contributed by atoms with Gasteiger partial charge in [-0.05, 0) is 192 Å². The minimum atomic E-state index is 0.0286. The number of nitrogens with one attached hydrogen (secondary N) is 4. The molecule has 1 heterocycles. The van der Waals surface area contributed by atoms with Gasteiger partial charge in [0.1, 0.15) is 11.2 Å². The van der Waals surface area contributed by atoms with Gasteiger partial charge in [-0.2, -0.15) is 0 Å². The quantitative estimate of drug-likeness (QED) is 0.116. The van der Waals surface area contributed by atoms with Crippen LogP contribution < -0.4 is 21.3 Å². The Morgan fingerprint density at radius 2 is 0.583 bits per heavy atom. The van der Waals surface area contributed by atoms with E-state index in [-0.39, 0.29) is 16.2 Å². The lowest BCUT2D eigenvalue weighted by Crippen LogP contribution is -2.15. The van der Waals surface area contributed by atoms with Crippen molar-refractivity contribution in [2.75, 3.05) is 21.3 Å². The molecular formula is C91H76N4O. The van der Waals surface area contributed by atoms with Crippen molar-refractivity contribution < 1.29 is 4.42 Å². The Balaban J connectivity index is 0.000000106. The molecule has 4 N–H and O–H groups in total. The molecule has 466 valence electrons. The number of hydrogen-bond acceptors (Lipinski definition) is 5. The third-order valence-corrected chi connectivity index (χ3v) is 19.6. The van der Waals surface area contributed by atoms with Gasteiger partial charge < -0.3 is 25.7 Å². The van der Waals surface area contributed by atoms with E-state index in [4.69, 9.17) is 4.42 Å². The highest BCUT2D eigenvalue weighted by molar-refractivity contribution is 6.12. The number of furan rings is 1. The summed E-state index contributed by atoms with van der Waals surface area (Å²) < 4.78 is 5.89. The molecule has 0 saturated carbocycles. The maximum absolute atomic E-state index is 5.89. The van der Waals surface area contributed by atoms with Crippen LogP contribution in [0, 0.1) is 0 Å². The van der Waals surface area contributed by atoms with Crippen molar-refractivity contribution in [3.05, 3.63) is 361 Å². The fraction of sp³-hybridized carbons (Fsp3) is 0.0989. The largest absolute Gasteiger partial charge is 0.456 e. The molecule has 0 atom stereocenters. The van der Waals surface area contributed by atoms with Gasteiger partial charge in [0.05, 0.1) is 11.1 Å². The van der Waals surface area contributed by atoms with Crippen LogP contribution in [-0.2, 0) is 16.2 Å². The van der Waals surface area contributed by atoms with Crippen LogP contribution in [0.3, 0.4) is 0 Å². The van der Waals surface area contributed by atoms with Crippen molar-refractivity contribution in [3.8, 4) is 44.5 Å². The van der Waals surface area contributed by atoms with Crippen LogP contribution in [0.2, 0.25) is 0 Å². The average molecular weight is 1240 g/mol. The topological polar surface area (TPSA) is 61.3 Å². The third-order valence-electron chi connectivity index (χ3n) is 19.6. The highest BCUT2D eigenvalue weighted by Gasteiger charge is 2.37. The van der Waals surface area contributed by atoms with Crippen LogP contribution >= 0.6 is 0 Å². The third kappa shape index (κ3) is 11.7. The second kappa shape index (κ2) is 25.3. The van der Waals surface area contributed by atoms with Gasteiger partial charge in [-0.1, -0.05) is 266 Å². The maximum Gasteiger partial charge on any atom is 0.137 e. The molecule has 14 aromatic carbocycles. The number of anilines is 8. The van der Waals surface area contributed by atoms with Crippen molar-refractivity contribution in [1.82, 2.24) is 0 Å². The summed E-state index contributed by atoms with van der Waals surface area (Å²) in [6.07, 6.45) is 0. The highest BCUT2D eigenvalue weighted by atomic mass is 16.3. The summed E-state index contributed by atoms with van der Waals surface area (Å²) >= 11 is 0. The Labute approximate surface area is 563 Å². The fourth-order valence-corrected chi connectivity index (χ4v) is 14.6. The summed E-state index contributed by atoms with van der Waals surface area (Å²) in [4.78, 5) is 0. The van der Waals surface area contributed by atoms with E-state index in [9.17, 15) is 0 Å². The Morgan fingerprint density at radius 1 is 0.229 bits per heavy atom. The van der Waals surface area contributed by atoms with Crippen LogP contribution in [0.5, 0.6) is 0 Å². The average Bonchev–Trinajstić information content (AvgIpc) is 1.64. The standard InChI is InChI=1S/C27H23N.C25H21N.C21H19N.C18H13NO/c1-27(2)25-11-7-6-10-23(25)24-17-16-22(18-26(24)27)28-21-14-12-20(13-15-21)19-8-4-3-5-9-19;1-25(2)23-10-6-5-9-21(23)22-14-13-20(16-24(22)25)26-19-12-11-17-7-3-4-8-18(17)15-19;1-21(2)19-11-7-6-10-17(19)18-13-12-16(14-20(18)21)22-15-8-4-3-5-9-15;1-2-7-13(8-3-1)19-15-10-6-12-17-18(15)14-9-4-5-11-16(14)20-17/h3-18,28H,1-2H3;3-16,26H,1-2H3;3-14,22H,1-2H3;1-12,19H. The van der Waals surface area contributed by atoms with Gasteiger partial charge in [0.15, 0.2) is 0 Å². The minimum absolute atomic E-state index is 0.0286. The molecule has 3 aliphatic rings. The molecule has 0 aliphatic heterocycles. The number of fused-ring (bicyclic) bond motifs is 13. The number of hydrogen-bond donors (Lipinski definition) is 4. The lowest BCUT2D eigenvalue weighted by atomic mass is 9.82. The zero-order valence-corrected chi connectivity index (χ0v) is 55.1. The van der Waals surface area contributed by atoms with Crippen LogP contribution in [-0.4, -0.2) is 0 Å². The molecule has 0 fully saturated rings. The van der Waals surface area contributed by atoms with E-state index < -0.39 is 0 Å². The van der Waals surface area contributed by atoms with Crippen molar-refractivity contribution in [2.24, 2.45) is 0 Å². The second-order valence-electron chi connectivity index (χ2n) is 26.8. The summed E-state index contributed by atoms with van der Waals surface area (Å²) in [5.41, 5.74) is 29.9. The summed E-state index contributed by atoms with van der Waals surface area (Å²) in [5, 5.41) is 18.9. The highest BCUT2D eigenvalue weighted by Crippen LogP contribution is 2.52. The molecule has 0 bridgehead atoms. The molecule has 0 amide bonds. The van der Waals surface area contributed by atoms with E-state index in [1.165, 1.54) is 88.7 Å². The Bertz CT molecular complexity index is 5320. The van der Waals surface area contributed by atoms with Crippen LogP contribution in [0.4, 0.5) is 45.5 Å². The Hall–Kier alpha value is -11.7. The first-order valence-electron chi connectivity index (χ1n) is 33.3. The first-order valence-corrected chi connectivity index (χ1v) is 33.3. The van der Waals surface area contributed by atoms with Gasteiger partial charge in [-0.25, -0.2) is 0 Å². The molecule has 3 aliphatic carbocycles. The van der Waals surface area contributed by atoms with Crippen LogP contribution in [0.15, 0.2) is 332 Å². The van der Waals surface area contributed by atoms with Crippen molar-refractivity contribution >= 4 is 78.2 Å². The van der Waals surface area contributed by atoms with E-state index in [2.05, 4.69) is 330 Å². The monoisotopic (exact) mass is 1240 g/mol. The summed E-state index contributed by atoms with van der Waals surface area (Å²) in [7, 11) is 0. The van der Waals surface area contributed by atoms with Gasteiger partial charge in [0.2, 0.25) is 0 Å². The smallest absolute Gasteiger partial charge is 0.137 e. The van der Waals surface area contributed by atoms with Gasteiger partial charge in [0.25, 0.3) is 0 Å². The number of para-hydroxylation sites is 3. The predicted octanol–water partition coefficient (Wildman–Crippen LogP) is 25.4. The summed E-state index contributed by atoms with van der Waals surface area (Å²) in [5.74, 6) is 0. The van der Waals surface area contributed by atoms with E-state index in [1.54, 1.807) is 0 Å². The molecule has 5 heteroatoms. The number of benzene rings is 14. The molecule has 0 radical (unpaired) electrons. The first-order chi connectivity index (χ1) is 46.8. The Kier molecular flexibility index (Phi) is 16.0. The van der Waals surface area contributed by atoms with Gasteiger partial charge in [0, 0.05) is 61.4 Å². The Morgan fingerprint density at radius 3 is 1.10 bits per heavy atom. The van der Waals surface area contributed by atoms with E-state index in [1.807, 2.05) is 60.7 Å². The maximum atomic E-state index is 5.89. The van der Waals surface area contributed by atoms with Crippen molar-refractivity contribution in [3.63, 3.8) is 0 Å². The SMILES string of the molecule is CC1(C)c2ccccc2-c2ccc(Nc3ccc(-c4ccccc4)cc3)cc21.CC1(C)c2ccccc2-c2ccc(Nc3ccc4ccccc4c3)cc21.CC1(C)c2ccccc2-c2ccc(Nc3ccccc3)cc21.c1ccc(Nc2cccc3oc4ccccc4c23)cc1. The summed E-state index contributed by atoms with van der Waals surface area (Å²) in [6.45, 7) is 13.9. The number of rotatable bonds is 9. The van der Waals surface area contributed by atoms with Gasteiger partial charge in [-0.3, -0.25) is 0 Å². The van der Waals surface area contributed by atoms with Crippen LogP contribution in [0.1, 0.15) is 74.9 Å². The molecule has 18 rings (SSSR count). The molecule has 5 nitrogen and oxygen atoms in total. The lowest BCUT2D eigenvalue weighted by Gasteiger charge is -2.22. The molecule has 0 saturated heterocycles. The zero-order chi connectivity index (χ0) is 65.4. The van der Waals surface area contributed by atoms with E-state index in [0.29, 0.717) is 0 Å². The summed E-state index contributed by atoms with van der Waals surface area (Å²) in [6, 6.07) is 115. The van der Waals surface area contributed by atoms with Crippen molar-refractivity contribution in [2.45, 2.75) is 57.8 Å². The first kappa shape index (κ1) is 60.6. The molecule has 0 unspecified atom stereocenters. The van der Waals surface area contributed by atoms with E-state index >= 15 is 0 Å². The molecular weight excluding hydrogens is 1170 g/mol. The molecule has 1 aromatic heterocycles. The normalized spacial score (nSPS) is 13.4. The van der Waals surface area contributed by atoms with Crippen molar-refractivity contribution in [1.29, 1.82) is 0 Å². The molecule has 96 heavy (non-hydrogen) atoms. The predicted molar refractivity (Wildman–Crippen MR) is 408 cm³/mol. The van der Waals surface area contributed by atoms with E-state index in [0.717, 1.165) is 67.4 Å². The lowest BCUT2D eigenvalue weighted by molar-refractivity contribution is 0.660. The van der Waals surface area contributed by atoms with Crippen LogP contribution in [0.25, 0.3) is 77.2 Å². The minimum Gasteiger partial charge on any atom is -0.456 e. The molecule has 15 aromatic rings.